The predicted molar refractivity (Wildman–Crippen MR) is 66.8 cm³/mol. The molecule has 1 atom stereocenters. The highest BCUT2D eigenvalue weighted by Gasteiger charge is 2.22. The quantitative estimate of drug-likeness (QED) is 0.558. The first-order valence-electron chi connectivity index (χ1n) is 5.52. The van der Waals surface area contributed by atoms with Gasteiger partial charge in [-0.1, -0.05) is 18.2 Å². The number of para-hydroxylation sites is 1. The van der Waals surface area contributed by atoms with Gasteiger partial charge in [0.05, 0.1) is 13.0 Å². The van der Waals surface area contributed by atoms with Crippen molar-refractivity contribution in [1.82, 2.24) is 5.32 Å². The number of aliphatic carboxylic acids is 2. The number of carboxylic acids is 2. The molecule has 7 heteroatoms. The molecule has 1 amide bonds. The van der Waals surface area contributed by atoms with Crippen LogP contribution in [0.1, 0.15) is 6.42 Å². The summed E-state index contributed by atoms with van der Waals surface area (Å²) >= 11 is 0. The fourth-order valence-electron chi connectivity index (χ4n) is 1.36. The SMILES string of the molecule is O=C(O)CC(NC(=O)CNc1ccccc1)C(=O)O. The average molecular weight is 266 g/mol. The third kappa shape index (κ3) is 5.53. The number of nitrogens with one attached hydrogen (secondary N) is 2. The number of hydrogen-bond donors (Lipinski definition) is 4. The Kier molecular flexibility index (Phi) is 5.34. The maximum Gasteiger partial charge on any atom is 0.326 e. The first kappa shape index (κ1) is 14.5. The number of anilines is 1. The Morgan fingerprint density at radius 3 is 2.26 bits per heavy atom. The molecule has 0 aliphatic carbocycles. The van der Waals surface area contributed by atoms with Crippen LogP contribution in [0.15, 0.2) is 30.3 Å². The molecule has 0 aliphatic rings. The number of hydrogen-bond acceptors (Lipinski definition) is 4. The molecule has 0 saturated heterocycles. The summed E-state index contributed by atoms with van der Waals surface area (Å²) in [5.41, 5.74) is 0.711. The molecule has 102 valence electrons. The van der Waals surface area contributed by atoms with Gasteiger partial charge in [-0.3, -0.25) is 9.59 Å². The second kappa shape index (κ2) is 7.00. The standard InChI is InChI=1S/C12H14N2O5/c15-10(7-13-8-4-2-1-3-5-8)14-9(12(18)19)6-11(16)17/h1-5,9,13H,6-7H2,(H,14,15)(H,16,17)(H,18,19). The lowest BCUT2D eigenvalue weighted by molar-refractivity contribution is -0.147. The Labute approximate surface area is 109 Å². The predicted octanol–water partition coefficient (Wildman–Crippen LogP) is 0.143. The van der Waals surface area contributed by atoms with Crippen molar-refractivity contribution < 1.29 is 24.6 Å². The molecule has 0 saturated carbocycles. The van der Waals surface area contributed by atoms with E-state index in [0.29, 0.717) is 5.69 Å². The largest absolute Gasteiger partial charge is 0.481 e. The molecule has 7 nitrogen and oxygen atoms in total. The van der Waals surface area contributed by atoms with Gasteiger partial charge in [0.1, 0.15) is 6.04 Å². The highest BCUT2D eigenvalue weighted by Crippen LogP contribution is 2.03. The molecule has 1 aromatic carbocycles. The number of carboxylic acid groups (broad SMARTS) is 2. The van der Waals surface area contributed by atoms with Crippen molar-refractivity contribution in [2.75, 3.05) is 11.9 Å². The van der Waals surface area contributed by atoms with Crippen LogP contribution < -0.4 is 10.6 Å². The van der Waals surface area contributed by atoms with Crippen LogP contribution in [-0.2, 0) is 14.4 Å². The maximum atomic E-state index is 11.5. The van der Waals surface area contributed by atoms with Crippen LogP contribution >= 0.6 is 0 Å². The molecule has 0 bridgehead atoms. The molecular weight excluding hydrogens is 252 g/mol. The number of amides is 1. The zero-order valence-corrected chi connectivity index (χ0v) is 10.00. The van der Waals surface area contributed by atoms with Gasteiger partial charge in [0.15, 0.2) is 0 Å². The molecule has 4 N–H and O–H groups in total. The smallest absolute Gasteiger partial charge is 0.326 e. The van der Waals surface area contributed by atoms with Gasteiger partial charge in [-0.2, -0.15) is 0 Å². The second-order valence-corrected chi connectivity index (χ2v) is 3.78. The van der Waals surface area contributed by atoms with Crippen molar-refractivity contribution >= 4 is 23.5 Å². The van der Waals surface area contributed by atoms with Crippen molar-refractivity contribution in [1.29, 1.82) is 0 Å². The van der Waals surface area contributed by atoms with E-state index in [4.69, 9.17) is 10.2 Å². The summed E-state index contributed by atoms with van der Waals surface area (Å²) in [5.74, 6) is -3.25. The Balaban J connectivity index is 2.45. The molecule has 19 heavy (non-hydrogen) atoms. The van der Waals surface area contributed by atoms with E-state index in [1.807, 2.05) is 6.07 Å². The molecule has 0 heterocycles. The number of benzene rings is 1. The van der Waals surface area contributed by atoms with Crippen LogP contribution in [0.25, 0.3) is 0 Å². The summed E-state index contributed by atoms with van der Waals surface area (Å²) in [5, 5.41) is 22.2. The van der Waals surface area contributed by atoms with Crippen molar-refractivity contribution in [2.45, 2.75) is 12.5 Å². The van der Waals surface area contributed by atoms with Gasteiger partial charge in [-0.15, -0.1) is 0 Å². The highest BCUT2D eigenvalue weighted by molar-refractivity contribution is 5.88. The van der Waals surface area contributed by atoms with Crippen LogP contribution in [-0.4, -0.2) is 40.6 Å². The summed E-state index contributed by atoms with van der Waals surface area (Å²) in [6, 6.07) is 7.45. The Morgan fingerprint density at radius 2 is 1.74 bits per heavy atom. The second-order valence-electron chi connectivity index (χ2n) is 3.78. The summed E-state index contributed by atoms with van der Waals surface area (Å²) < 4.78 is 0. The van der Waals surface area contributed by atoms with Crippen molar-refractivity contribution in [3.63, 3.8) is 0 Å². The van der Waals surface area contributed by atoms with Crippen LogP contribution in [0.5, 0.6) is 0 Å². The minimum Gasteiger partial charge on any atom is -0.481 e. The first-order chi connectivity index (χ1) is 8.99. The topological polar surface area (TPSA) is 116 Å². The van der Waals surface area contributed by atoms with E-state index in [2.05, 4.69) is 10.6 Å². The fraction of sp³-hybridized carbons (Fsp3) is 0.250. The van der Waals surface area contributed by atoms with E-state index in [1.165, 1.54) is 0 Å². The molecule has 1 rings (SSSR count). The van der Waals surface area contributed by atoms with E-state index in [-0.39, 0.29) is 6.54 Å². The molecule has 0 fully saturated rings. The highest BCUT2D eigenvalue weighted by atomic mass is 16.4. The molecular formula is C12H14N2O5. The zero-order valence-electron chi connectivity index (χ0n) is 10.00. The normalized spacial score (nSPS) is 11.4. The van der Waals surface area contributed by atoms with Gasteiger partial charge in [-0.05, 0) is 12.1 Å². The summed E-state index contributed by atoms with van der Waals surface area (Å²) in [4.78, 5) is 32.7. The molecule has 1 aromatic rings. The number of rotatable bonds is 7. The zero-order chi connectivity index (χ0) is 14.3. The monoisotopic (exact) mass is 266 g/mol. The van der Waals surface area contributed by atoms with Gasteiger partial charge in [0.2, 0.25) is 5.91 Å². The van der Waals surface area contributed by atoms with Gasteiger partial charge in [0, 0.05) is 5.69 Å². The summed E-state index contributed by atoms with van der Waals surface area (Å²) in [6.45, 7) is -0.132. The van der Waals surface area contributed by atoms with Crippen LogP contribution in [0.2, 0.25) is 0 Å². The van der Waals surface area contributed by atoms with Gasteiger partial charge in [0.25, 0.3) is 0 Å². The molecule has 0 aromatic heterocycles. The van der Waals surface area contributed by atoms with Crippen LogP contribution in [0.3, 0.4) is 0 Å². The average Bonchev–Trinajstić information content (AvgIpc) is 2.36. The lowest BCUT2D eigenvalue weighted by Crippen LogP contribution is -2.44. The van der Waals surface area contributed by atoms with Gasteiger partial charge < -0.3 is 20.8 Å². The molecule has 0 aliphatic heterocycles. The third-order valence-electron chi connectivity index (χ3n) is 2.24. The van der Waals surface area contributed by atoms with E-state index in [0.717, 1.165) is 0 Å². The van der Waals surface area contributed by atoms with E-state index < -0.39 is 30.3 Å². The lowest BCUT2D eigenvalue weighted by Gasteiger charge is -2.13. The Bertz CT molecular complexity index is 460. The number of carbonyl (C=O) groups is 3. The minimum atomic E-state index is -1.43. The van der Waals surface area contributed by atoms with E-state index in [9.17, 15) is 14.4 Å². The summed E-state index contributed by atoms with van der Waals surface area (Å²) in [7, 11) is 0. The lowest BCUT2D eigenvalue weighted by atomic mass is 10.2. The molecule has 1 unspecified atom stereocenters. The molecule has 0 spiro atoms. The summed E-state index contributed by atoms with van der Waals surface area (Å²) in [6.07, 6.45) is -0.660. The Hall–Kier alpha value is -2.57. The molecule has 0 radical (unpaired) electrons. The van der Waals surface area contributed by atoms with Crippen molar-refractivity contribution in [3.8, 4) is 0 Å². The maximum absolute atomic E-state index is 11.5. The van der Waals surface area contributed by atoms with Gasteiger partial charge >= 0.3 is 11.9 Å². The van der Waals surface area contributed by atoms with Crippen molar-refractivity contribution in [2.24, 2.45) is 0 Å². The first-order valence-corrected chi connectivity index (χ1v) is 5.52. The Morgan fingerprint density at radius 1 is 1.11 bits per heavy atom. The minimum absolute atomic E-state index is 0.132. The third-order valence-corrected chi connectivity index (χ3v) is 2.24. The van der Waals surface area contributed by atoms with Crippen LogP contribution in [0.4, 0.5) is 5.69 Å². The fourth-order valence-corrected chi connectivity index (χ4v) is 1.36. The van der Waals surface area contributed by atoms with Crippen molar-refractivity contribution in [3.05, 3.63) is 30.3 Å². The number of carbonyl (C=O) groups excluding carboxylic acids is 1. The van der Waals surface area contributed by atoms with E-state index in [1.54, 1.807) is 24.3 Å². The van der Waals surface area contributed by atoms with Crippen LogP contribution in [0, 0.1) is 0 Å². The van der Waals surface area contributed by atoms with E-state index >= 15 is 0 Å². The van der Waals surface area contributed by atoms with Gasteiger partial charge in [-0.25, -0.2) is 4.79 Å².